The summed E-state index contributed by atoms with van der Waals surface area (Å²) < 4.78 is 7.00. The van der Waals surface area contributed by atoms with Crippen LogP contribution in [0.5, 0.6) is 5.75 Å². The smallest absolute Gasteiger partial charge is 0.123 e. The topological polar surface area (TPSA) is 29.5 Å². The van der Waals surface area contributed by atoms with E-state index in [9.17, 15) is 0 Å². The molecule has 0 aliphatic rings. The van der Waals surface area contributed by atoms with Gasteiger partial charge in [0.05, 0.1) is 6.61 Å². The van der Waals surface area contributed by atoms with E-state index in [1.165, 1.54) is 5.56 Å². The molecule has 0 bridgehead atoms. The van der Waals surface area contributed by atoms with Gasteiger partial charge in [0.15, 0.2) is 0 Å². The predicted molar refractivity (Wildman–Crippen MR) is 84.9 cm³/mol. The van der Waals surface area contributed by atoms with Crippen LogP contribution in [-0.4, -0.2) is 5.11 Å². The lowest BCUT2D eigenvalue weighted by molar-refractivity contribution is 0.281. The molecule has 0 saturated heterocycles. The van der Waals surface area contributed by atoms with Crippen molar-refractivity contribution in [2.75, 3.05) is 0 Å². The Bertz CT molecular complexity index is 562. The first-order valence-electron chi connectivity index (χ1n) is 6.71. The average molecular weight is 335 g/mol. The van der Waals surface area contributed by atoms with E-state index < -0.39 is 0 Å². The Balaban J connectivity index is 2.10. The highest BCUT2D eigenvalue weighted by Crippen LogP contribution is 2.30. The van der Waals surface area contributed by atoms with Crippen molar-refractivity contribution in [3.8, 4) is 5.75 Å². The summed E-state index contributed by atoms with van der Waals surface area (Å²) in [6, 6.07) is 13.9. The lowest BCUT2D eigenvalue weighted by Gasteiger charge is -2.14. The van der Waals surface area contributed by atoms with Crippen molar-refractivity contribution in [3.05, 3.63) is 63.6 Å². The standard InChI is InChI=1S/C17H19BrO2/c1-12(2)16-9-15(18)7-8-17(16)20-11-14-5-3-13(10-19)4-6-14/h3-9,12,19H,10-11H2,1-2H3. The normalized spacial score (nSPS) is 10.8. The van der Waals surface area contributed by atoms with Gasteiger partial charge in [0.1, 0.15) is 12.4 Å². The molecule has 3 heteroatoms. The fraction of sp³-hybridized carbons (Fsp3) is 0.294. The molecule has 0 spiro atoms. The zero-order valence-electron chi connectivity index (χ0n) is 11.8. The Morgan fingerprint density at radius 3 is 2.30 bits per heavy atom. The Kier molecular flexibility index (Phi) is 5.21. The molecule has 0 unspecified atom stereocenters. The van der Waals surface area contributed by atoms with Crippen LogP contribution in [0.3, 0.4) is 0 Å². The van der Waals surface area contributed by atoms with Crippen LogP contribution in [0.4, 0.5) is 0 Å². The van der Waals surface area contributed by atoms with Gasteiger partial charge in [0.25, 0.3) is 0 Å². The first-order chi connectivity index (χ1) is 9.60. The largest absolute Gasteiger partial charge is 0.489 e. The van der Waals surface area contributed by atoms with Gasteiger partial charge in [0, 0.05) is 4.47 Å². The van der Waals surface area contributed by atoms with Crippen molar-refractivity contribution in [3.63, 3.8) is 0 Å². The Labute approximate surface area is 128 Å². The zero-order valence-corrected chi connectivity index (χ0v) is 13.4. The fourth-order valence-electron chi connectivity index (χ4n) is 2.00. The SMILES string of the molecule is CC(C)c1cc(Br)ccc1OCc1ccc(CO)cc1. The molecule has 0 saturated carbocycles. The maximum absolute atomic E-state index is 9.02. The van der Waals surface area contributed by atoms with Crippen molar-refractivity contribution in [1.82, 2.24) is 0 Å². The molecule has 2 aromatic rings. The summed E-state index contributed by atoms with van der Waals surface area (Å²) in [7, 11) is 0. The second kappa shape index (κ2) is 6.91. The number of halogens is 1. The van der Waals surface area contributed by atoms with Gasteiger partial charge >= 0.3 is 0 Å². The minimum atomic E-state index is 0.0747. The number of hydrogen-bond donors (Lipinski definition) is 1. The second-order valence-electron chi connectivity index (χ2n) is 5.10. The van der Waals surface area contributed by atoms with E-state index in [0.29, 0.717) is 12.5 Å². The number of aliphatic hydroxyl groups is 1. The van der Waals surface area contributed by atoms with Crippen LogP contribution in [0.15, 0.2) is 46.9 Å². The van der Waals surface area contributed by atoms with Crippen LogP contribution in [0.1, 0.15) is 36.5 Å². The number of rotatable bonds is 5. The summed E-state index contributed by atoms with van der Waals surface area (Å²) in [5, 5.41) is 9.02. The van der Waals surface area contributed by atoms with Crippen LogP contribution in [0.2, 0.25) is 0 Å². The molecule has 2 nitrogen and oxygen atoms in total. The first-order valence-corrected chi connectivity index (χ1v) is 7.50. The summed E-state index contributed by atoms with van der Waals surface area (Å²) >= 11 is 3.50. The average Bonchev–Trinajstić information content (AvgIpc) is 2.46. The third kappa shape index (κ3) is 3.84. The van der Waals surface area contributed by atoms with Gasteiger partial charge in [0.2, 0.25) is 0 Å². The Morgan fingerprint density at radius 1 is 1.05 bits per heavy atom. The summed E-state index contributed by atoms with van der Waals surface area (Å²) in [5.74, 6) is 1.34. The highest BCUT2D eigenvalue weighted by atomic mass is 79.9. The van der Waals surface area contributed by atoms with Crippen molar-refractivity contribution in [1.29, 1.82) is 0 Å². The van der Waals surface area contributed by atoms with Gasteiger partial charge in [-0.05, 0) is 40.8 Å². The third-order valence-electron chi connectivity index (χ3n) is 3.19. The van der Waals surface area contributed by atoms with Gasteiger partial charge in [-0.25, -0.2) is 0 Å². The number of aliphatic hydroxyl groups excluding tert-OH is 1. The van der Waals surface area contributed by atoms with Crippen LogP contribution in [0, 0.1) is 0 Å². The van der Waals surface area contributed by atoms with Gasteiger partial charge in [-0.15, -0.1) is 0 Å². The monoisotopic (exact) mass is 334 g/mol. The molecule has 20 heavy (non-hydrogen) atoms. The van der Waals surface area contributed by atoms with E-state index in [1.807, 2.05) is 36.4 Å². The van der Waals surface area contributed by atoms with E-state index in [2.05, 4.69) is 35.8 Å². The molecule has 1 N–H and O–H groups in total. The number of hydrogen-bond acceptors (Lipinski definition) is 2. The van der Waals surface area contributed by atoms with E-state index in [0.717, 1.165) is 21.3 Å². The molecule has 0 atom stereocenters. The summed E-state index contributed by atoms with van der Waals surface area (Å²) in [4.78, 5) is 0. The Hall–Kier alpha value is -1.32. The van der Waals surface area contributed by atoms with E-state index in [1.54, 1.807) is 0 Å². The fourth-order valence-corrected chi connectivity index (χ4v) is 2.38. The molecule has 0 aliphatic carbocycles. The predicted octanol–water partition coefficient (Wildman–Crippen LogP) is 4.64. The summed E-state index contributed by atoms with van der Waals surface area (Å²) in [6.45, 7) is 4.92. The number of benzene rings is 2. The van der Waals surface area contributed by atoms with Crippen LogP contribution >= 0.6 is 15.9 Å². The van der Waals surface area contributed by atoms with E-state index in [4.69, 9.17) is 9.84 Å². The molecule has 0 radical (unpaired) electrons. The summed E-state index contributed by atoms with van der Waals surface area (Å²) in [6.07, 6.45) is 0. The van der Waals surface area contributed by atoms with Crippen molar-refractivity contribution in [2.24, 2.45) is 0 Å². The van der Waals surface area contributed by atoms with Gasteiger partial charge in [-0.3, -0.25) is 0 Å². The molecule has 0 aliphatic heterocycles. The van der Waals surface area contributed by atoms with Crippen molar-refractivity contribution >= 4 is 15.9 Å². The van der Waals surface area contributed by atoms with E-state index >= 15 is 0 Å². The van der Waals surface area contributed by atoms with Crippen LogP contribution in [0.25, 0.3) is 0 Å². The second-order valence-corrected chi connectivity index (χ2v) is 6.02. The third-order valence-corrected chi connectivity index (χ3v) is 3.69. The molecule has 0 fully saturated rings. The number of ether oxygens (including phenoxy) is 1. The maximum Gasteiger partial charge on any atom is 0.123 e. The van der Waals surface area contributed by atoms with Crippen LogP contribution < -0.4 is 4.74 Å². The molecule has 0 aromatic heterocycles. The minimum Gasteiger partial charge on any atom is -0.489 e. The van der Waals surface area contributed by atoms with Crippen molar-refractivity contribution in [2.45, 2.75) is 33.0 Å². The molecular weight excluding hydrogens is 316 g/mol. The highest BCUT2D eigenvalue weighted by Gasteiger charge is 2.08. The summed E-state index contributed by atoms with van der Waals surface area (Å²) in [5.41, 5.74) is 3.21. The molecule has 2 aromatic carbocycles. The Morgan fingerprint density at radius 2 is 1.70 bits per heavy atom. The highest BCUT2D eigenvalue weighted by molar-refractivity contribution is 9.10. The van der Waals surface area contributed by atoms with Gasteiger partial charge < -0.3 is 9.84 Å². The molecule has 0 amide bonds. The lowest BCUT2D eigenvalue weighted by atomic mass is 10.0. The molecule has 0 heterocycles. The van der Waals surface area contributed by atoms with Gasteiger partial charge in [-0.1, -0.05) is 54.0 Å². The molecular formula is C17H19BrO2. The van der Waals surface area contributed by atoms with Gasteiger partial charge in [-0.2, -0.15) is 0 Å². The lowest BCUT2D eigenvalue weighted by Crippen LogP contribution is -2.00. The van der Waals surface area contributed by atoms with Crippen LogP contribution in [-0.2, 0) is 13.2 Å². The molecule has 2 rings (SSSR count). The zero-order chi connectivity index (χ0) is 14.5. The quantitative estimate of drug-likeness (QED) is 0.862. The van der Waals surface area contributed by atoms with E-state index in [-0.39, 0.29) is 6.61 Å². The maximum atomic E-state index is 9.02. The minimum absolute atomic E-state index is 0.0747. The first kappa shape index (κ1) is 15.1. The molecule has 106 valence electrons. The van der Waals surface area contributed by atoms with Crippen molar-refractivity contribution < 1.29 is 9.84 Å².